The summed E-state index contributed by atoms with van der Waals surface area (Å²) < 4.78 is 0. The minimum absolute atomic E-state index is 1.19. The third-order valence-electron chi connectivity index (χ3n) is 13.9. The van der Waals surface area contributed by atoms with E-state index in [-0.39, 0.29) is 0 Å². The molecule has 8 bridgehead atoms. The maximum Gasteiger partial charge on any atom is 0.0362 e. The molecule has 0 radical (unpaired) electrons. The molecule has 76 heavy (non-hydrogen) atoms. The van der Waals surface area contributed by atoms with E-state index in [9.17, 15) is 0 Å². The second-order valence-electron chi connectivity index (χ2n) is 18.6. The largest absolute Gasteiger partial charge is 0.135 e. The molecule has 13 rings (SSSR count). The Balaban J connectivity index is 1.15. The molecule has 0 unspecified atom stereocenters. The molecule has 12 aromatic rings. The second kappa shape index (κ2) is 21.4. The Bertz CT molecular complexity index is 3280. The fourth-order valence-electron chi connectivity index (χ4n) is 10.5. The average Bonchev–Trinajstić information content (AvgIpc) is 4.27. The lowest BCUT2D eigenvalue weighted by Gasteiger charge is -2.10. The lowest BCUT2D eigenvalue weighted by Crippen LogP contribution is -1.86. The van der Waals surface area contributed by atoms with Crippen LogP contribution in [0.2, 0.25) is 0 Å². The molecular weight excluding hydrogens is 993 g/mol. The van der Waals surface area contributed by atoms with Gasteiger partial charge in [0.05, 0.1) is 0 Å². The van der Waals surface area contributed by atoms with E-state index in [2.05, 4.69) is 291 Å². The monoisotopic (exact) mass is 1040 g/mol. The highest BCUT2D eigenvalue weighted by atomic mass is 32.1. The SMILES string of the molecule is C1=C\c2sc(c(-c3ccccc3)c2-c2ccccc2)/C=C\c2sc(c(-c3ccccc3)c2-c2ccccc2)/C=C\c2sc(c(-c3ccccc3)c2-c2ccccc2)/C=C\c2sc/1c(-c1ccccc1)c2-c1ccccc1. The van der Waals surface area contributed by atoms with Gasteiger partial charge in [-0.1, -0.05) is 243 Å². The fourth-order valence-corrected chi connectivity index (χ4v) is 15.2. The maximum absolute atomic E-state index is 2.39. The van der Waals surface area contributed by atoms with E-state index in [0.29, 0.717) is 0 Å². The van der Waals surface area contributed by atoms with Crippen molar-refractivity contribution in [2.75, 3.05) is 0 Å². The van der Waals surface area contributed by atoms with Gasteiger partial charge in [-0.2, -0.15) is 0 Å². The number of thiophene rings is 4. The third kappa shape index (κ3) is 9.27. The van der Waals surface area contributed by atoms with Crippen LogP contribution in [-0.4, -0.2) is 0 Å². The molecule has 4 aromatic heterocycles. The molecular formula is C72H48S4. The second-order valence-corrected chi connectivity index (χ2v) is 22.9. The van der Waals surface area contributed by atoms with Crippen LogP contribution in [0, 0.1) is 0 Å². The van der Waals surface area contributed by atoms with Gasteiger partial charge in [0.25, 0.3) is 0 Å². The molecule has 0 atom stereocenters. The molecule has 0 saturated carbocycles. The molecule has 0 amide bonds. The molecule has 1 aliphatic rings. The highest BCUT2D eigenvalue weighted by molar-refractivity contribution is 7.17. The van der Waals surface area contributed by atoms with Crippen molar-refractivity contribution in [3.05, 3.63) is 282 Å². The van der Waals surface area contributed by atoms with Crippen LogP contribution in [-0.2, 0) is 0 Å². The normalized spacial score (nSPS) is 13.7. The van der Waals surface area contributed by atoms with Crippen molar-refractivity contribution in [3.8, 4) is 89.0 Å². The Morgan fingerprint density at radius 2 is 0.237 bits per heavy atom. The van der Waals surface area contributed by atoms with Crippen molar-refractivity contribution >= 4 is 94.0 Å². The number of rotatable bonds is 8. The molecule has 0 saturated heterocycles. The Kier molecular flexibility index (Phi) is 13.3. The van der Waals surface area contributed by atoms with Gasteiger partial charge in [-0.3, -0.25) is 0 Å². The van der Waals surface area contributed by atoms with Gasteiger partial charge >= 0.3 is 0 Å². The van der Waals surface area contributed by atoms with E-state index in [4.69, 9.17) is 0 Å². The molecule has 0 nitrogen and oxygen atoms in total. The first-order chi connectivity index (χ1) is 37.7. The smallest absolute Gasteiger partial charge is 0.0362 e. The van der Waals surface area contributed by atoms with Crippen LogP contribution in [0.5, 0.6) is 0 Å². The first kappa shape index (κ1) is 47.2. The van der Waals surface area contributed by atoms with E-state index in [1.165, 1.54) is 128 Å². The molecule has 0 N–H and O–H groups in total. The van der Waals surface area contributed by atoms with Crippen molar-refractivity contribution in [1.82, 2.24) is 0 Å². The molecule has 0 aliphatic carbocycles. The highest BCUT2D eigenvalue weighted by Crippen LogP contribution is 2.52. The van der Waals surface area contributed by atoms with E-state index >= 15 is 0 Å². The van der Waals surface area contributed by atoms with Crippen LogP contribution >= 0.6 is 45.3 Å². The number of hydrogen-bond acceptors (Lipinski definition) is 4. The highest BCUT2D eigenvalue weighted by Gasteiger charge is 2.25. The van der Waals surface area contributed by atoms with E-state index in [0.717, 1.165) is 0 Å². The fraction of sp³-hybridized carbons (Fsp3) is 0. The molecule has 4 heteroatoms. The summed E-state index contributed by atoms with van der Waals surface area (Å²) in [4.78, 5) is 9.67. The van der Waals surface area contributed by atoms with Crippen LogP contribution in [0.4, 0.5) is 0 Å². The zero-order chi connectivity index (χ0) is 50.6. The molecule has 360 valence electrons. The lowest BCUT2D eigenvalue weighted by atomic mass is 9.92. The van der Waals surface area contributed by atoms with Gasteiger partial charge in [0.1, 0.15) is 0 Å². The van der Waals surface area contributed by atoms with Crippen LogP contribution in [0.3, 0.4) is 0 Å². The third-order valence-corrected chi connectivity index (χ3v) is 18.4. The summed E-state index contributed by atoms with van der Waals surface area (Å²) in [6, 6.07) is 87.7. The number of fused-ring (bicyclic) bond motifs is 8. The number of benzene rings is 8. The van der Waals surface area contributed by atoms with Crippen LogP contribution in [0.1, 0.15) is 39.0 Å². The van der Waals surface area contributed by atoms with Crippen LogP contribution in [0.15, 0.2) is 243 Å². The predicted octanol–water partition coefficient (Wildman–Crippen LogP) is 22.3. The first-order valence-corrected chi connectivity index (χ1v) is 28.8. The molecule has 0 spiro atoms. The summed E-state index contributed by atoms with van der Waals surface area (Å²) in [7, 11) is 0. The summed E-state index contributed by atoms with van der Waals surface area (Å²) in [6.07, 6.45) is 19.1. The number of hydrogen-bond donors (Lipinski definition) is 0. The van der Waals surface area contributed by atoms with Gasteiger partial charge in [0.2, 0.25) is 0 Å². The van der Waals surface area contributed by atoms with Gasteiger partial charge in [-0.05, 0) is 93.1 Å². The molecule has 1 aliphatic heterocycles. The van der Waals surface area contributed by atoms with Gasteiger partial charge < -0.3 is 0 Å². The summed E-state index contributed by atoms with van der Waals surface area (Å²) >= 11 is 7.45. The minimum atomic E-state index is 1.19. The Morgan fingerprint density at radius 3 is 0.342 bits per heavy atom. The average molecular weight is 1040 g/mol. The Hall–Kier alpha value is -8.48. The van der Waals surface area contributed by atoms with Crippen molar-refractivity contribution < 1.29 is 0 Å². The van der Waals surface area contributed by atoms with E-state index in [1.807, 2.05) is 45.3 Å². The summed E-state index contributed by atoms with van der Waals surface area (Å²) in [5.74, 6) is 0. The lowest BCUT2D eigenvalue weighted by molar-refractivity contribution is 1.62. The van der Waals surface area contributed by atoms with Crippen molar-refractivity contribution in [3.63, 3.8) is 0 Å². The molecule has 0 fully saturated rings. The maximum atomic E-state index is 2.39. The Morgan fingerprint density at radius 1 is 0.132 bits per heavy atom. The van der Waals surface area contributed by atoms with E-state index < -0.39 is 0 Å². The van der Waals surface area contributed by atoms with Crippen molar-refractivity contribution in [2.24, 2.45) is 0 Å². The summed E-state index contributed by atoms with van der Waals surface area (Å²) in [6.45, 7) is 0. The van der Waals surface area contributed by atoms with Crippen molar-refractivity contribution in [2.45, 2.75) is 0 Å². The van der Waals surface area contributed by atoms with Gasteiger partial charge in [-0.25, -0.2) is 0 Å². The van der Waals surface area contributed by atoms with Crippen LogP contribution < -0.4 is 0 Å². The van der Waals surface area contributed by atoms with Crippen LogP contribution in [0.25, 0.3) is 138 Å². The standard InChI is InChI=1S/C72H48S4/c1-9-25-49(26-10-1)65-57-41-42-59-67(51-29-13-3-14-30-51)69(53-33-17-5-18-34-53)61(74-59)45-46-63-71(55-37-21-7-22-38-55)72(56-39-23-8-24-40-56)64(76-63)48-47-62-70(54-35-19-6-20-36-54)68(52-31-15-4-16-32-52)60(75-62)44-43-58(73-57)66(65)50-27-11-2-12-28-50/h1-48H/b42-41-,44-43-,46-45-,48-47-,57-41?,58-43?,59-42?,60-44?,61-45?,62-47?,63-46?,64-48?. The van der Waals surface area contributed by atoms with E-state index in [1.54, 1.807) is 0 Å². The van der Waals surface area contributed by atoms with Gasteiger partial charge in [0, 0.05) is 83.5 Å². The first-order valence-electron chi connectivity index (χ1n) is 25.6. The van der Waals surface area contributed by atoms with Gasteiger partial charge in [-0.15, -0.1) is 45.3 Å². The van der Waals surface area contributed by atoms with Gasteiger partial charge in [0.15, 0.2) is 0 Å². The topological polar surface area (TPSA) is 0 Å². The Labute approximate surface area is 461 Å². The molecule has 8 aromatic carbocycles. The quantitative estimate of drug-likeness (QED) is 0.142. The van der Waals surface area contributed by atoms with Crippen molar-refractivity contribution in [1.29, 1.82) is 0 Å². The predicted molar refractivity (Wildman–Crippen MR) is 336 cm³/mol. The zero-order valence-electron chi connectivity index (χ0n) is 41.3. The summed E-state index contributed by atoms with van der Waals surface area (Å²) in [5.41, 5.74) is 19.4. The zero-order valence-corrected chi connectivity index (χ0v) is 44.6. The minimum Gasteiger partial charge on any atom is -0.135 e. The molecule has 5 heterocycles. The summed E-state index contributed by atoms with van der Waals surface area (Å²) in [5, 5.41) is 0.